The van der Waals surface area contributed by atoms with Crippen LogP contribution in [-0.4, -0.2) is 12.1 Å². The van der Waals surface area contributed by atoms with Gasteiger partial charge in [0.1, 0.15) is 6.10 Å². The number of esters is 1. The van der Waals surface area contributed by atoms with Crippen molar-refractivity contribution in [3.05, 3.63) is 23.8 Å². The summed E-state index contributed by atoms with van der Waals surface area (Å²) in [6.07, 6.45) is 6.49. The van der Waals surface area contributed by atoms with Gasteiger partial charge in [0.15, 0.2) is 0 Å². The number of ether oxygens (including phenoxy) is 1. The van der Waals surface area contributed by atoms with Crippen molar-refractivity contribution in [3.63, 3.8) is 0 Å². The topological polar surface area (TPSA) is 26.3 Å². The van der Waals surface area contributed by atoms with Crippen molar-refractivity contribution in [2.45, 2.75) is 20.0 Å². The Bertz CT molecular complexity index is 276. The Morgan fingerprint density at radius 3 is 2.67 bits per heavy atom. The summed E-state index contributed by atoms with van der Waals surface area (Å²) in [7, 11) is 0. The van der Waals surface area contributed by atoms with Crippen LogP contribution in [-0.2, 0) is 9.53 Å². The molecule has 0 saturated heterocycles. The lowest BCUT2D eigenvalue weighted by molar-refractivity contribution is -0.147. The van der Waals surface area contributed by atoms with Crippen LogP contribution in [0.25, 0.3) is 0 Å². The van der Waals surface area contributed by atoms with Crippen molar-refractivity contribution in [1.82, 2.24) is 0 Å². The third-order valence-corrected chi connectivity index (χ3v) is 2.56. The maximum absolute atomic E-state index is 10.8. The minimum atomic E-state index is -0.179. The Kier molecular flexibility index (Phi) is 1.56. The molecule has 2 nitrogen and oxygen atoms in total. The molecule has 0 aliphatic heterocycles. The zero-order valence-electron chi connectivity index (χ0n) is 7.28. The second-order valence-electron chi connectivity index (χ2n) is 3.47. The zero-order chi connectivity index (χ0) is 8.72. The first-order valence-corrected chi connectivity index (χ1v) is 4.22. The Balaban J connectivity index is 2.11. The average Bonchev–Trinajstić information content (AvgIpc) is 2.44. The number of rotatable bonds is 1. The average molecular weight is 164 g/mol. The van der Waals surface area contributed by atoms with Crippen LogP contribution in [0.15, 0.2) is 23.8 Å². The molecule has 0 heterocycles. The minimum Gasteiger partial charge on any atom is -0.461 e. The largest absolute Gasteiger partial charge is 0.461 e. The molecule has 2 aliphatic rings. The van der Waals surface area contributed by atoms with Gasteiger partial charge in [-0.3, -0.25) is 4.79 Å². The van der Waals surface area contributed by atoms with Crippen molar-refractivity contribution >= 4 is 5.97 Å². The summed E-state index contributed by atoms with van der Waals surface area (Å²) in [6, 6.07) is 0. The van der Waals surface area contributed by atoms with Gasteiger partial charge in [-0.1, -0.05) is 23.8 Å². The maximum Gasteiger partial charge on any atom is 0.302 e. The van der Waals surface area contributed by atoms with Gasteiger partial charge < -0.3 is 4.74 Å². The van der Waals surface area contributed by atoms with Gasteiger partial charge in [-0.25, -0.2) is 0 Å². The lowest BCUT2D eigenvalue weighted by atomic mass is 10.0. The molecule has 2 aliphatic carbocycles. The highest BCUT2D eigenvalue weighted by Gasteiger charge is 2.39. The smallest absolute Gasteiger partial charge is 0.302 e. The lowest BCUT2D eigenvalue weighted by Crippen LogP contribution is -2.22. The van der Waals surface area contributed by atoms with Crippen LogP contribution in [0, 0.1) is 11.8 Å². The Morgan fingerprint density at radius 1 is 1.50 bits per heavy atom. The molecule has 2 bridgehead atoms. The third kappa shape index (κ3) is 0.986. The minimum absolute atomic E-state index is 0.0579. The fourth-order valence-electron chi connectivity index (χ4n) is 2.03. The normalized spacial score (nSPS) is 36.8. The molecule has 2 heteroatoms. The summed E-state index contributed by atoms with van der Waals surface area (Å²) in [5.41, 5.74) is 1.33. The zero-order valence-corrected chi connectivity index (χ0v) is 7.28. The summed E-state index contributed by atoms with van der Waals surface area (Å²) >= 11 is 0. The molecular formula is C10H12O2. The van der Waals surface area contributed by atoms with Crippen molar-refractivity contribution in [2.75, 3.05) is 0 Å². The highest BCUT2D eigenvalue weighted by molar-refractivity contribution is 5.66. The molecule has 0 radical (unpaired) electrons. The summed E-state index contributed by atoms with van der Waals surface area (Å²) in [4.78, 5) is 10.8. The SMILES string of the molecule is CC(=O)OC1C2C=CC1C(C)=C2. The fourth-order valence-corrected chi connectivity index (χ4v) is 2.03. The van der Waals surface area contributed by atoms with E-state index >= 15 is 0 Å². The van der Waals surface area contributed by atoms with Crippen LogP contribution < -0.4 is 0 Å². The molecule has 64 valence electrons. The first-order valence-electron chi connectivity index (χ1n) is 4.22. The van der Waals surface area contributed by atoms with Gasteiger partial charge in [-0.2, -0.15) is 0 Å². The molecule has 12 heavy (non-hydrogen) atoms. The number of carbonyl (C=O) groups is 1. The van der Waals surface area contributed by atoms with E-state index in [9.17, 15) is 4.79 Å². The summed E-state index contributed by atoms with van der Waals surface area (Å²) in [5, 5.41) is 0. The Hall–Kier alpha value is -1.05. The second kappa shape index (κ2) is 2.47. The van der Waals surface area contributed by atoms with Crippen LogP contribution in [0.1, 0.15) is 13.8 Å². The highest BCUT2D eigenvalue weighted by atomic mass is 16.5. The molecule has 0 aromatic heterocycles. The molecule has 3 unspecified atom stereocenters. The van der Waals surface area contributed by atoms with Gasteiger partial charge >= 0.3 is 5.97 Å². The molecule has 3 atom stereocenters. The van der Waals surface area contributed by atoms with Gasteiger partial charge in [0, 0.05) is 18.8 Å². The van der Waals surface area contributed by atoms with Crippen LogP contribution in [0.3, 0.4) is 0 Å². The summed E-state index contributed by atoms with van der Waals surface area (Å²) in [6.45, 7) is 3.55. The number of hydrogen-bond donors (Lipinski definition) is 0. The standard InChI is InChI=1S/C10H12O2/c1-6-5-8-3-4-9(6)10(8)12-7(2)11/h3-5,8-10H,1-2H3. The van der Waals surface area contributed by atoms with Crippen LogP contribution in [0.5, 0.6) is 0 Å². The van der Waals surface area contributed by atoms with E-state index in [0.29, 0.717) is 11.8 Å². The van der Waals surface area contributed by atoms with E-state index in [4.69, 9.17) is 4.74 Å². The molecule has 0 spiro atoms. The predicted octanol–water partition coefficient (Wildman–Crippen LogP) is 1.68. The number of hydrogen-bond acceptors (Lipinski definition) is 2. The molecule has 0 saturated carbocycles. The van der Waals surface area contributed by atoms with Crippen LogP contribution in [0.2, 0.25) is 0 Å². The Labute approximate surface area is 71.9 Å². The van der Waals surface area contributed by atoms with E-state index in [-0.39, 0.29) is 12.1 Å². The van der Waals surface area contributed by atoms with Gasteiger partial charge in [-0.05, 0) is 6.92 Å². The monoisotopic (exact) mass is 164 g/mol. The van der Waals surface area contributed by atoms with E-state index in [0.717, 1.165) is 0 Å². The predicted molar refractivity (Wildman–Crippen MR) is 45.4 cm³/mol. The second-order valence-corrected chi connectivity index (χ2v) is 3.47. The van der Waals surface area contributed by atoms with E-state index in [2.05, 4.69) is 25.2 Å². The van der Waals surface area contributed by atoms with E-state index in [1.54, 1.807) is 0 Å². The van der Waals surface area contributed by atoms with Gasteiger partial charge in [0.05, 0.1) is 0 Å². The van der Waals surface area contributed by atoms with Gasteiger partial charge in [0.25, 0.3) is 0 Å². The number of carbonyl (C=O) groups excluding carboxylic acids is 1. The van der Waals surface area contributed by atoms with Gasteiger partial charge in [0.2, 0.25) is 0 Å². The van der Waals surface area contributed by atoms with Gasteiger partial charge in [-0.15, -0.1) is 0 Å². The summed E-state index contributed by atoms with van der Waals surface area (Å²) in [5.74, 6) is 0.500. The Morgan fingerprint density at radius 2 is 2.25 bits per heavy atom. The van der Waals surface area contributed by atoms with E-state index in [1.807, 2.05) is 0 Å². The molecule has 0 N–H and O–H groups in total. The first kappa shape index (κ1) is 7.59. The van der Waals surface area contributed by atoms with E-state index < -0.39 is 0 Å². The van der Waals surface area contributed by atoms with Crippen molar-refractivity contribution < 1.29 is 9.53 Å². The quantitative estimate of drug-likeness (QED) is 0.435. The third-order valence-electron chi connectivity index (χ3n) is 2.56. The molecule has 2 rings (SSSR count). The molecular weight excluding hydrogens is 152 g/mol. The molecule has 0 fully saturated rings. The van der Waals surface area contributed by atoms with Crippen molar-refractivity contribution in [2.24, 2.45) is 11.8 Å². The highest BCUT2D eigenvalue weighted by Crippen LogP contribution is 2.40. The number of fused-ring (bicyclic) bond motifs is 2. The van der Waals surface area contributed by atoms with Crippen molar-refractivity contribution in [1.29, 1.82) is 0 Å². The summed E-state index contributed by atoms with van der Waals surface area (Å²) < 4.78 is 5.22. The van der Waals surface area contributed by atoms with Crippen molar-refractivity contribution in [3.8, 4) is 0 Å². The first-order chi connectivity index (χ1) is 5.68. The van der Waals surface area contributed by atoms with Crippen LogP contribution in [0.4, 0.5) is 0 Å². The van der Waals surface area contributed by atoms with Crippen LogP contribution >= 0.6 is 0 Å². The molecule has 0 aromatic rings. The molecule has 0 amide bonds. The fraction of sp³-hybridized carbons (Fsp3) is 0.500. The molecule has 0 aromatic carbocycles. The van der Waals surface area contributed by atoms with E-state index in [1.165, 1.54) is 12.5 Å². The lowest BCUT2D eigenvalue weighted by Gasteiger charge is -2.16. The maximum atomic E-state index is 10.8.